The molecule has 1 amide bonds. The molecule has 3 rings (SSSR count). The highest BCUT2D eigenvalue weighted by Gasteiger charge is 2.38. The van der Waals surface area contributed by atoms with Gasteiger partial charge in [0.25, 0.3) is 5.91 Å². The highest BCUT2D eigenvalue weighted by Crippen LogP contribution is 2.43. The van der Waals surface area contributed by atoms with Crippen LogP contribution in [0.25, 0.3) is 0 Å². The van der Waals surface area contributed by atoms with E-state index in [0.29, 0.717) is 24.3 Å². The Hall–Kier alpha value is -1.01. The lowest BCUT2D eigenvalue weighted by molar-refractivity contribution is -0.0399. The van der Waals surface area contributed by atoms with Crippen molar-refractivity contribution in [1.82, 2.24) is 5.32 Å². The van der Waals surface area contributed by atoms with E-state index in [1.807, 2.05) is 13.0 Å². The molecule has 0 spiro atoms. The van der Waals surface area contributed by atoms with E-state index in [1.165, 1.54) is 4.88 Å². The Morgan fingerprint density at radius 3 is 2.62 bits per heavy atom. The lowest BCUT2D eigenvalue weighted by atomic mass is 9.92. The zero-order valence-corrected chi connectivity index (χ0v) is 12.8. The molecule has 0 aromatic carbocycles. The van der Waals surface area contributed by atoms with E-state index >= 15 is 0 Å². The van der Waals surface area contributed by atoms with Crippen molar-refractivity contribution in [1.29, 1.82) is 0 Å². The van der Waals surface area contributed by atoms with Crippen molar-refractivity contribution in [3.8, 4) is 0 Å². The van der Waals surface area contributed by atoms with E-state index in [4.69, 9.17) is 5.73 Å². The molecule has 2 atom stereocenters. The van der Waals surface area contributed by atoms with Gasteiger partial charge < -0.3 is 11.1 Å². The molecule has 2 saturated carbocycles. The van der Waals surface area contributed by atoms with Gasteiger partial charge in [-0.3, -0.25) is 4.79 Å². The second-order valence-electron chi connectivity index (χ2n) is 6.23. The topological polar surface area (TPSA) is 55.1 Å². The van der Waals surface area contributed by atoms with Crippen LogP contribution in [0.4, 0.5) is 8.78 Å². The van der Waals surface area contributed by atoms with Crippen LogP contribution >= 0.6 is 11.3 Å². The fourth-order valence-electron chi connectivity index (χ4n) is 2.90. The minimum absolute atomic E-state index is 0.136. The number of carbonyl (C=O) groups is 1. The number of carbonyl (C=O) groups excluding carboxylic acids is 1. The summed E-state index contributed by atoms with van der Waals surface area (Å²) >= 11 is 1.62. The molecule has 0 radical (unpaired) electrons. The number of rotatable bonds is 3. The molecule has 21 heavy (non-hydrogen) atoms. The number of alkyl halides is 2. The van der Waals surface area contributed by atoms with Gasteiger partial charge in [-0.05, 0) is 32.3 Å². The summed E-state index contributed by atoms with van der Waals surface area (Å²) in [6, 6.07) is 2.01. The number of amides is 1. The zero-order valence-electron chi connectivity index (χ0n) is 12.0. The van der Waals surface area contributed by atoms with E-state index in [1.54, 1.807) is 11.3 Å². The normalized spacial score (nSPS) is 28.4. The number of aryl methyl sites for hydroxylation is 1. The van der Waals surface area contributed by atoms with Gasteiger partial charge in [-0.1, -0.05) is 0 Å². The third kappa shape index (κ3) is 3.26. The standard InChI is InChI=1S/C15H20F2N2OS/c1-8-10(7-13(21-8)11-6-12(11)18)14(20)19-9-2-4-15(16,17)5-3-9/h7,9,11-12H,2-6,18H2,1H3,(H,19,20). The van der Waals surface area contributed by atoms with Crippen LogP contribution in [-0.4, -0.2) is 23.9 Å². The summed E-state index contributed by atoms with van der Waals surface area (Å²) in [5.41, 5.74) is 6.52. The van der Waals surface area contributed by atoms with Crippen LogP contribution in [0.2, 0.25) is 0 Å². The lowest BCUT2D eigenvalue weighted by Gasteiger charge is -2.28. The highest BCUT2D eigenvalue weighted by atomic mass is 32.1. The Balaban J connectivity index is 1.62. The molecule has 1 heterocycles. The number of nitrogens with two attached hydrogens (primary N) is 1. The van der Waals surface area contributed by atoms with Crippen molar-refractivity contribution in [2.24, 2.45) is 5.73 Å². The Bertz CT molecular complexity index is 548. The number of hydrogen-bond donors (Lipinski definition) is 2. The molecule has 2 fully saturated rings. The maximum atomic E-state index is 13.1. The molecule has 2 aliphatic rings. The molecule has 1 aromatic heterocycles. The summed E-state index contributed by atoms with van der Waals surface area (Å²) < 4.78 is 26.2. The zero-order chi connectivity index (χ0) is 15.2. The van der Waals surface area contributed by atoms with Crippen molar-refractivity contribution in [2.45, 2.75) is 63.0 Å². The van der Waals surface area contributed by atoms with Gasteiger partial charge in [0.05, 0.1) is 5.56 Å². The van der Waals surface area contributed by atoms with E-state index < -0.39 is 5.92 Å². The summed E-state index contributed by atoms with van der Waals surface area (Å²) in [5, 5.41) is 2.90. The Kier molecular flexibility index (Phi) is 3.78. The maximum Gasteiger partial charge on any atom is 0.252 e. The second kappa shape index (κ2) is 5.32. The van der Waals surface area contributed by atoms with Crippen LogP contribution in [0.15, 0.2) is 6.07 Å². The Morgan fingerprint density at radius 2 is 2.05 bits per heavy atom. The highest BCUT2D eigenvalue weighted by molar-refractivity contribution is 7.12. The average Bonchev–Trinajstić information content (AvgIpc) is 3.00. The van der Waals surface area contributed by atoms with Crippen LogP contribution in [0.5, 0.6) is 0 Å². The molecule has 1 aromatic rings. The van der Waals surface area contributed by atoms with Gasteiger partial charge in [0.1, 0.15) is 0 Å². The van der Waals surface area contributed by atoms with E-state index in [2.05, 4.69) is 5.32 Å². The minimum Gasteiger partial charge on any atom is -0.349 e. The van der Waals surface area contributed by atoms with Gasteiger partial charge in [0.15, 0.2) is 0 Å². The molecular weight excluding hydrogens is 294 g/mol. The third-order valence-corrected chi connectivity index (χ3v) is 5.62. The predicted octanol–water partition coefficient (Wildman–Crippen LogP) is 3.18. The quantitative estimate of drug-likeness (QED) is 0.900. The maximum absolute atomic E-state index is 13.1. The second-order valence-corrected chi connectivity index (χ2v) is 7.52. The van der Waals surface area contributed by atoms with Crippen molar-refractivity contribution in [3.05, 3.63) is 21.4 Å². The van der Waals surface area contributed by atoms with Crippen LogP contribution in [0, 0.1) is 6.92 Å². The predicted molar refractivity (Wildman–Crippen MR) is 79.1 cm³/mol. The number of thiophene rings is 1. The first-order valence-corrected chi connectivity index (χ1v) is 8.22. The van der Waals surface area contributed by atoms with Gasteiger partial charge in [0, 0.05) is 40.6 Å². The van der Waals surface area contributed by atoms with Crippen LogP contribution in [0.1, 0.15) is 58.1 Å². The van der Waals surface area contributed by atoms with Gasteiger partial charge >= 0.3 is 0 Å². The smallest absolute Gasteiger partial charge is 0.252 e. The number of halogens is 2. The largest absolute Gasteiger partial charge is 0.349 e. The number of hydrogen-bond acceptors (Lipinski definition) is 3. The summed E-state index contributed by atoms with van der Waals surface area (Å²) in [7, 11) is 0. The molecule has 0 bridgehead atoms. The van der Waals surface area contributed by atoms with Crippen LogP contribution in [0.3, 0.4) is 0 Å². The van der Waals surface area contributed by atoms with Gasteiger partial charge in [-0.2, -0.15) is 0 Å². The van der Waals surface area contributed by atoms with Crippen LogP contribution in [-0.2, 0) is 0 Å². The van der Waals surface area contributed by atoms with Crippen molar-refractivity contribution < 1.29 is 13.6 Å². The Morgan fingerprint density at radius 1 is 1.43 bits per heavy atom. The SMILES string of the molecule is Cc1sc(C2CC2N)cc1C(=O)NC1CCC(F)(F)CC1. The van der Waals surface area contributed by atoms with Crippen molar-refractivity contribution in [2.75, 3.05) is 0 Å². The van der Waals surface area contributed by atoms with E-state index in [0.717, 1.165) is 11.3 Å². The molecule has 2 unspecified atom stereocenters. The fourth-order valence-corrected chi connectivity index (χ4v) is 4.12. The molecule has 3 nitrogen and oxygen atoms in total. The molecule has 2 aliphatic carbocycles. The first kappa shape index (κ1) is 14.9. The number of nitrogens with one attached hydrogen (secondary N) is 1. The van der Waals surface area contributed by atoms with Gasteiger partial charge in [0.2, 0.25) is 5.92 Å². The van der Waals surface area contributed by atoms with E-state index in [9.17, 15) is 13.6 Å². The van der Waals surface area contributed by atoms with Crippen molar-refractivity contribution in [3.63, 3.8) is 0 Å². The summed E-state index contributed by atoms with van der Waals surface area (Å²) in [6.45, 7) is 1.92. The summed E-state index contributed by atoms with van der Waals surface area (Å²) in [4.78, 5) is 14.5. The van der Waals surface area contributed by atoms with Gasteiger partial charge in [-0.15, -0.1) is 11.3 Å². The molecular formula is C15H20F2N2OS. The third-order valence-electron chi connectivity index (χ3n) is 4.44. The minimum atomic E-state index is -2.56. The molecule has 116 valence electrons. The van der Waals surface area contributed by atoms with Gasteiger partial charge in [-0.25, -0.2) is 8.78 Å². The molecule has 6 heteroatoms. The first-order valence-electron chi connectivity index (χ1n) is 7.40. The van der Waals surface area contributed by atoms with Crippen molar-refractivity contribution >= 4 is 17.2 Å². The summed E-state index contributed by atoms with van der Waals surface area (Å²) in [5.74, 6) is -2.31. The molecule has 0 aliphatic heterocycles. The first-order chi connectivity index (χ1) is 9.85. The summed E-state index contributed by atoms with van der Waals surface area (Å²) in [6.07, 6.45) is 1.41. The average molecular weight is 314 g/mol. The molecule has 3 N–H and O–H groups in total. The lowest BCUT2D eigenvalue weighted by Crippen LogP contribution is -2.40. The fraction of sp³-hybridized carbons (Fsp3) is 0.667. The molecule has 0 saturated heterocycles. The van der Waals surface area contributed by atoms with Crippen LogP contribution < -0.4 is 11.1 Å². The Labute approximate surface area is 126 Å². The van der Waals surface area contributed by atoms with E-state index in [-0.39, 0.29) is 30.8 Å². The monoisotopic (exact) mass is 314 g/mol.